The van der Waals surface area contributed by atoms with Crippen LogP contribution in [-0.2, 0) is 6.42 Å². The molecule has 0 amide bonds. The average Bonchev–Trinajstić information content (AvgIpc) is 2.74. The summed E-state index contributed by atoms with van der Waals surface area (Å²) in [5.41, 5.74) is 2.44. The van der Waals surface area contributed by atoms with E-state index < -0.39 is 5.82 Å². The number of methoxy groups -OCH3 is 1. The third kappa shape index (κ3) is 3.92. The first-order chi connectivity index (χ1) is 14.5. The smallest absolute Gasteiger partial charge is 0.193 e. The molecule has 1 aliphatic rings. The van der Waals surface area contributed by atoms with E-state index in [-0.39, 0.29) is 16.8 Å². The molecule has 1 atom stereocenters. The summed E-state index contributed by atoms with van der Waals surface area (Å²) in [5.74, 6) is 0.269. The highest BCUT2D eigenvalue weighted by molar-refractivity contribution is 5.82. The van der Waals surface area contributed by atoms with Gasteiger partial charge in [0, 0.05) is 43.5 Å². The lowest BCUT2D eigenvalue weighted by Gasteiger charge is -2.33. The Morgan fingerprint density at radius 2 is 2.10 bits per heavy atom. The van der Waals surface area contributed by atoms with Crippen LogP contribution in [0, 0.1) is 5.82 Å². The second kappa shape index (κ2) is 8.48. The highest BCUT2D eigenvalue weighted by Crippen LogP contribution is 2.32. The molecular weight excluding hydrogens is 383 g/mol. The van der Waals surface area contributed by atoms with E-state index in [9.17, 15) is 9.18 Å². The zero-order chi connectivity index (χ0) is 21.3. The van der Waals surface area contributed by atoms with Crippen LogP contribution in [0.1, 0.15) is 25.8 Å². The van der Waals surface area contributed by atoms with Crippen molar-refractivity contribution in [3.8, 4) is 17.1 Å². The summed E-state index contributed by atoms with van der Waals surface area (Å²) in [6.07, 6.45) is 1.65. The van der Waals surface area contributed by atoms with Gasteiger partial charge in [0.05, 0.1) is 18.1 Å². The largest absolute Gasteiger partial charge is 0.496 e. The average molecular weight is 410 g/mol. The maximum absolute atomic E-state index is 14.8. The van der Waals surface area contributed by atoms with Crippen molar-refractivity contribution in [2.75, 3.05) is 31.6 Å². The van der Waals surface area contributed by atoms with Crippen molar-refractivity contribution in [3.05, 3.63) is 58.0 Å². The van der Waals surface area contributed by atoms with Crippen LogP contribution in [0.2, 0.25) is 0 Å². The van der Waals surface area contributed by atoms with Crippen LogP contribution < -0.4 is 20.4 Å². The van der Waals surface area contributed by atoms with Crippen LogP contribution in [0.15, 0.2) is 45.6 Å². The zero-order valence-corrected chi connectivity index (χ0v) is 17.6. The van der Waals surface area contributed by atoms with E-state index in [1.54, 1.807) is 12.1 Å². The van der Waals surface area contributed by atoms with Crippen LogP contribution >= 0.6 is 0 Å². The SMILES string of the molecule is CCCc1cc(-c2cc(=O)c3cc(N4CCN[C@H](C)C4)ccc3o2)c(F)cc1OC. The first-order valence-corrected chi connectivity index (χ1v) is 10.4. The lowest BCUT2D eigenvalue weighted by molar-refractivity contribution is 0.406. The molecule has 1 aliphatic heterocycles. The minimum Gasteiger partial charge on any atom is -0.496 e. The topological polar surface area (TPSA) is 54.7 Å². The fourth-order valence-corrected chi connectivity index (χ4v) is 4.08. The molecule has 2 heterocycles. The highest BCUT2D eigenvalue weighted by atomic mass is 19.1. The van der Waals surface area contributed by atoms with Gasteiger partial charge in [-0.15, -0.1) is 0 Å². The van der Waals surface area contributed by atoms with E-state index in [0.717, 1.165) is 43.7 Å². The van der Waals surface area contributed by atoms with E-state index in [1.807, 2.05) is 12.1 Å². The van der Waals surface area contributed by atoms with Gasteiger partial charge in [-0.1, -0.05) is 13.3 Å². The van der Waals surface area contributed by atoms with Gasteiger partial charge in [0.2, 0.25) is 0 Å². The summed E-state index contributed by atoms with van der Waals surface area (Å²) in [6.45, 7) is 6.87. The molecule has 1 aromatic heterocycles. The van der Waals surface area contributed by atoms with Crippen LogP contribution in [0.25, 0.3) is 22.3 Å². The van der Waals surface area contributed by atoms with Crippen molar-refractivity contribution in [1.29, 1.82) is 0 Å². The zero-order valence-electron chi connectivity index (χ0n) is 17.6. The van der Waals surface area contributed by atoms with Crippen molar-refractivity contribution in [2.45, 2.75) is 32.7 Å². The Labute approximate surface area is 175 Å². The van der Waals surface area contributed by atoms with E-state index in [4.69, 9.17) is 9.15 Å². The fourth-order valence-electron chi connectivity index (χ4n) is 4.08. The molecule has 0 spiro atoms. The van der Waals surface area contributed by atoms with Gasteiger partial charge in [-0.05, 0) is 43.2 Å². The Kier molecular flexibility index (Phi) is 5.77. The number of aryl methyl sites for hydroxylation is 1. The molecule has 2 aromatic carbocycles. The Morgan fingerprint density at radius 1 is 1.27 bits per heavy atom. The molecule has 0 bridgehead atoms. The number of fused-ring (bicyclic) bond motifs is 1. The molecule has 0 aliphatic carbocycles. The fraction of sp³-hybridized carbons (Fsp3) is 0.375. The number of benzene rings is 2. The second-order valence-electron chi connectivity index (χ2n) is 7.85. The standard InChI is InChI=1S/C24H27FN2O3/c1-4-5-16-10-18(20(25)12-23(16)29-3)24-13-21(28)19-11-17(6-7-22(19)30-24)27-9-8-26-15(2)14-27/h6-7,10-13,15,26H,4-5,8-9,14H2,1-3H3/t15-/m1/s1. The Hall–Kier alpha value is -2.86. The number of piperazine rings is 1. The minimum atomic E-state index is -0.472. The number of hydrogen-bond donors (Lipinski definition) is 1. The number of ether oxygens (including phenoxy) is 1. The highest BCUT2D eigenvalue weighted by Gasteiger charge is 2.18. The van der Waals surface area contributed by atoms with Crippen LogP contribution in [0.5, 0.6) is 5.75 Å². The van der Waals surface area contributed by atoms with E-state index >= 15 is 0 Å². The van der Waals surface area contributed by atoms with Crippen molar-refractivity contribution >= 4 is 16.7 Å². The lowest BCUT2D eigenvalue weighted by Crippen LogP contribution is -2.49. The first kappa shape index (κ1) is 20.4. The number of rotatable bonds is 5. The van der Waals surface area contributed by atoms with Gasteiger partial charge in [0.15, 0.2) is 5.43 Å². The molecule has 1 saturated heterocycles. The van der Waals surface area contributed by atoms with Gasteiger partial charge < -0.3 is 19.4 Å². The molecule has 158 valence electrons. The molecule has 1 fully saturated rings. The molecule has 6 heteroatoms. The second-order valence-corrected chi connectivity index (χ2v) is 7.85. The third-order valence-electron chi connectivity index (χ3n) is 5.60. The van der Waals surface area contributed by atoms with E-state index in [0.29, 0.717) is 22.8 Å². The van der Waals surface area contributed by atoms with E-state index in [1.165, 1.54) is 19.2 Å². The monoisotopic (exact) mass is 410 g/mol. The van der Waals surface area contributed by atoms with Crippen molar-refractivity contribution in [3.63, 3.8) is 0 Å². The molecule has 0 saturated carbocycles. The summed E-state index contributed by atoms with van der Waals surface area (Å²) in [6, 6.07) is 10.5. The third-order valence-corrected chi connectivity index (χ3v) is 5.60. The van der Waals surface area contributed by atoms with Gasteiger partial charge in [-0.3, -0.25) is 4.79 Å². The predicted molar refractivity (Wildman–Crippen MR) is 118 cm³/mol. The summed E-state index contributed by atoms with van der Waals surface area (Å²) in [7, 11) is 1.53. The quantitative estimate of drug-likeness (QED) is 0.677. The number of nitrogens with zero attached hydrogens (tertiary/aromatic N) is 1. The van der Waals surface area contributed by atoms with Crippen molar-refractivity contribution in [1.82, 2.24) is 5.32 Å². The molecule has 4 rings (SSSR count). The molecular formula is C24H27FN2O3. The summed E-state index contributed by atoms with van der Waals surface area (Å²) < 4.78 is 26.0. The van der Waals surface area contributed by atoms with Gasteiger partial charge in [-0.2, -0.15) is 0 Å². The normalized spacial score (nSPS) is 16.8. The predicted octanol–water partition coefficient (Wildman–Crippen LogP) is 4.36. The van der Waals surface area contributed by atoms with Crippen molar-refractivity contribution < 1.29 is 13.5 Å². The Bertz CT molecular complexity index is 1130. The molecule has 0 radical (unpaired) electrons. The van der Waals surface area contributed by atoms with Crippen molar-refractivity contribution in [2.24, 2.45) is 0 Å². The van der Waals surface area contributed by atoms with Crippen LogP contribution in [0.3, 0.4) is 0 Å². The molecule has 0 unspecified atom stereocenters. The van der Waals surface area contributed by atoms with Crippen LogP contribution in [-0.4, -0.2) is 32.8 Å². The van der Waals surface area contributed by atoms with Crippen LogP contribution in [0.4, 0.5) is 10.1 Å². The summed E-state index contributed by atoms with van der Waals surface area (Å²) in [4.78, 5) is 15.1. The molecule has 1 N–H and O–H groups in total. The number of nitrogens with one attached hydrogen (secondary N) is 1. The molecule has 30 heavy (non-hydrogen) atoms. The Morgan fingerprint density at radius 3 is 2.83 bits per heavy atom. The molecule has 3 aromatic rings. The van der Waals surface area contributed by atoms with Gasteiger partial charge >= 0.3 is 0 Å². The molecule has 5 nitrogen and oxygen atoms in total. The summed E-state index contributed by atoms with van der Waals surface area (Å²) >= 11 is 0. The number of halogens is 1. The maximum Gasteiger partial charge on any atom is 0.193 e. The van der Waals surface area contributed by atoms with Gasteiger partial charge in [-0.25, -0.2) is 4.39 Å². The van der Waals surface area contributed by atoms with Gasteiger partial charge in [0.25, 0.3) is 0 Å². The maximum atomic E-state index is 14.8. The first-order valence-electron chi connectivity index (χ1n) is 10.4. The Balaban J connectivity index is 1.76. The number of hydrogen-bond acceptors (Lipinski definition) is 5. The van der Waals surface area contributed by atoms with E-state index in [2.05, 4.69) is 24.1 Å². The minimum absolute atomic E-state index is 0.177. The summed E-state index contributed by atoms with van der Waals surface area (Å²) in [5, 5.41) is 3.92. The van der Waals surface area contributed by atoms with Gasteiger partial charge in [0.1, 0.15) is 22.9 Å². The number of anilines is 1. The lowest BCUT2D eigenvalue weighted by atomic mass is 10.0.